The first-order valence-corrected chi connectivity index (χ1v) is 8.94. The van der Waals surface area contributed by atoms with Crippen LogP contribution in [-0.2, 0) is 0 Å². The van der Waals surface area contributed by atoms with Gasteiger partial charge < -0.3 is 14.3 Å². The van der Waals surface area contributed by atoms with E-state index in [1.807, 2.05) is 35.2 Å². The predicted molar refractivity (Wildman–Crippen MR) is 100 cm³/mol. The molecule has 0 unspecified atom stereocenters. The molecule has 0 radical (unpaired) electrons. The highest BCUT2D eigenvalue weighted by Crippen LogP contribution is 2.34. The molecule has 1 amide bonds. The number of carbonyl (C=O) groups excluding carboxylic acids is 1. The monoisotopic (exact) mass is 345 g/mol. The largest absolute Gasteiger partial charge is 0.463 e. The van der Waals surface area contributed by atoms with Crippen molar-refractivity contribution in [1.82, 2.24) is 14.9 Å². The summed E-state index contributed by atoms with van der Waals surface area (Å²) in [6.07, 6.45) is 3.47. The van der Waals surface area contributed by atoms with Crippen LogP contribution in [0.2, 0.25) is 0 Å². The van der Waals surface area contributed by atoms with E-state index in [-0.39, 0.29) is 11.9 Å². The summed E-state index contributed by atoms with van der Waals surface area (Å²) in [5.74, 6) is 0.873. The zero-order valence-electron chi connectivity index (χ0n) is 14.5. The molecule has 3 heterocycles. The Hall–Kier alpha value is -3.08. The number of rotatable bonds is 2. The Balaban J connectivity index is 1.52. The second kappa shape index (κ2) is 5.73. The lowest BCUT2D eigenvalue weighted by atomic mass is 10.1. The van der Waals surface area contributed by atoms with Crippen molar-refractivity contribution in [2.45, 2.75) is 25.8 Å². The number of amides is 1. The summed E-state index contributed by atoms with van der Waals surface area (Å²) < 4.78 is 5.56. The maximum absolute atomic E-state index is 13.2. The number of carbonyl (C=O) groups is 1. The molecule has 0 aliphatic carbocycles. The molecule has 0 bridgehead atoms. The van der Waals surface area contributed by atoms with E-state index in [0.29, 0.717) is 5.56 Å². The molecule has 1 saturated heterocycles. The normalized spacial score (nSPS) is 17.4. The lowest BCUT2D eigenvalue weighted by molar-refractivity contribution is 0.0731. The van der Waals surface area contributed by atoms with Crippen molar-refractivity contribution in [1.29, 1.82) is 0 Å². The van der Waals surface area contributed by atoms with Crippen LogP contribution in [0, 0.1) is 6.92 Å². The fraction of sp³-hybridized carbons (Fsp3) is 0.238. The molecule has 2 aromatic heterocycles. The molecule has 1 fully saturated rings. The number of benzene rings is 2. The van der Waals surface area contributed by atoms with Crippen molar-refractivity contribution in [2.75, 3.05) is 6.54 Å². The van der Waals surface area contributed by atoms with E-state index in [0.717, 1.165) is 47.2 Å². The Labute approximate surface area is 150 Å². The highest BCUT2D eigenvalue weighted by Gasteiger charge is 2.33. The van der Waals surface area contributed by atoms with Gasteiger partial charge in [-0.1, -0.05) is 24.3 Å². The van der Waals surface area contributed by atoms with Gasteiger partial charge in [0.25, 0.3) is 5.91 Å². The molecule has 0 spiro atoms. The van der Waals surface area contributed by atoms with E-state index >= 15 is 0 Å². The summed E-state index contributed by atoms with van der Waals surface area (Å²) in [5, 5.41) is 0.864. The maximum atomic E-state index is 13.2. The number of nitrogens with one attached hydrogen (secondary N) is 1. The van der Waals surface area contributed by atoms with Gasteiger partial charge in [-0.3, -0.25) is 4.79 Å². The lowest BCUT2D eigenvalue weighted by Gasteiger charge is -2.22. The molecule has 5 nitrogen and oxygen atoms in total. The van der Waals surface area contributed by atoms with Gasteiger partial charge in [0.2, 0.25) is 0 Å². The summed E-state index contributed by atoms with van der Waals surface area (Å²) in [7, 11) is 0. The molecule has 26 heavy (non-hydrogen) atoms. The highest BCUT2D eigenvalue weighted by molar-refractivity contribution is 6.06. The minimum absolute atomic E-state index is 0.00841. The molecule has 1 N–H and O–H groups in total. The van der Waals surface area contributed by atoms with E-state index in [9.17, 15) is 4.79 Å². The van der Waals surface area contributed by atoms with E-state index in [1.54, 1.807) is 6.26 Å². The van der Waals surface area contributed by atoms with Crippen LogP contribution in [0.4, 0.5) is 0 Å². The Kier molecular flexibility index (Phi) is 3.35. The van der Waals surface area contributed by atoms with Crippen LogP contribution in [-0.4, -0.2) is 27.3 Å². The zero-order chi connectivity index (χ0) is 17.7. The van der Waals surface area contributed by atoms with E-state index in [2.05, 4.69) is 24.0 Å². The number of hydrogen-bond donors (Lipinski definition) is 1. The third-order valence-corrected chi connectivity index (χ3v) is 5.20. The van der Waals surface area contributed by atoms with Gasteiger partial charge in [-0.05, 0) is 43.5 Å². The van der Waals surface area contributed by atoms with Gasteiger partial charge in [-0.2, -0.15) is 0 Å². The van der Waals surface area contributed by atoms with E-state index in [4.69, 9.17) is 9.40 Å². The fourth-order valence-electron chi connectivity index (χ4n) is 3.89. The van der Waals surface area contributed by atoms with Crippen LogP contribution in [0.5, 0.6) is 0 Å². The number of H-pyrrole nitrogens is 1. The molecule has 4 aromatic rings. The summed E-state index contributed by atoms with van der Waals surface area (Å²) in [5.41, 5.74) is 4.52. The maximum Gasteiger partial charge on any atom is 0.258 e. The average molecular weight is 345 g/mol. The number of furan rings is 1. The van der Waals surface area contributed by atoms with Crippen LogP contribution in [0.1, 0.15) is 40.6 Å². The van der Waals surface area contributed by atoms with Crippen molar-refractivity contribution in [3.63, 3.8) is 0 Å². The van der Waals surface area contributed by atoms with E-state index < -0.39 is 0 Å². The van der Waals surface area contributed by atoms with Gasteiger partial charge in [-0.25, -0.2) is 4.98 Å². The third kappa shape index (κ3) is 2.31. The van der Waals surface area contributed by atoms with Crippen LogP contribution in [0.25, 0.3) is 22.0 Å². The van der Waals surface area contributed by atoms with Crippen molar-refractivity contribution in [3.8, 4) is 0 Å². The first-order chi connectivity index (χ1) is 12.7. The van der Waals surface area contributed by atoms with Crippen molar-refractivity contribution >= 4 is 27.9 Å². The third-order valence-electron chi connectivity index (χ3n) is 5.20. The summed E-state index contributed by atoms with van der Waals surface area (Å²) in [6.45, 7) is 2.80. The quantitative estimate of drug-likeness (QED) is 0.578. The standard InChI is InChI=1S/C21H19N3O2/c1-13-8-9-16-17(11-13)23-20(22-16)18-6-4-10-24(18)21(25)15-12-26-19-7-3-2-5-14(15)19/h2-3,5,7-9,11-12,18H,4,6,10H2,1H3,(H,22,23)/t18-/m1/s1. The second-order valence-electron chi connectivity index (χ2n) is 6.94. The smallest absolute Gasteiger partial charge is 0.258 e. The van der Waals surface area contributed by atoms with Crippen molar-refractivity contribution in [3.05, 3.63) is 65.7 Å². The number of aromatic amines is 1. The Morgan fingerprint density at radius 3 is 3.08 bits per heavy atom. The molecular formula is C21H19N3O2. The van der Waals surface area contributed by atoms with Crippen LogP contribution < -0.4 is 0 Å². The van der Waals surface area contributed by atoms with Crippen LogP contribution in [0.3, 0.4) is 0 Å². The number of aromatic nitrogens is 2. The molecule has 0 saturated carbocycles. The molecule has 2 aromatic carbocycles. The number of fused-ring (bicyclic) bond motifs is 2. The average Bonchev–Trinajstić information content (AvgIpc) is 3.37. The van der Waals surface area contributed by atoms with Gasteiger partial charge in [0.15, 0.2) is 0 Å². The van der Waals surface area contributed by atoms with Gasteiger partial charge in [0.1, 0.15) is 17.7 Å². The van der Waals surface area contributed by atoms with Gasteiger partial charge in [0.05, 0.1) is 22.6 Å². The minimum atomic E-state index is -0.0242. The Morgan fingerprint density at radius 1 is 1.27 bits per heavy atom. The van der Waals surface area contributed by atoms with Crippen LogP contribution >= 0.6 is 0 Å². The number of para-hydroxylation sites is 1. The minimum Gasteiger partial charge on any atom is -0.463 e. The number of aryl methyl sites for hydroxylation is 1. The first kappa shape index (κ1) is 15.2. The Bertz CT molecular complexity index is 1120. The lowest BCUT2D eigenvalue weighted by Crippen LogP contribution is -2.30. The van der Waals surface area contributed by atoms with Gasteiger partial charge in [0, 0.05) is 11.9 Å². The topological polar surface area (TPSA) is 62.1 Å². The summed E-state index contributed by atoms with van der Waals surface area (Å²) in [4.78, 5) is 23.3. The van der Waals surface area contributed by atoms with Crippen molar-refractivity contribution in [2.24, 2.45) is 0 Å². The van der Waals surface area contributed by atoms with Gasteiger partial charge >= 0.3 is 0 Å². The number of nitrogens with zero attached hydrogens (tertiary/aromatic N) is 2. The van der Waals surface area contributed by atoms with E-state index in [1.165, 1.54) is 5.56 Å². The highest BCUT2D eigenvalue weighted by atomic mass is 16.3. The predicted octanol–water partition coefficient (Wildman–Crippen LogP) is 4.59. The first-order valence-electron chi connectivity index (χ1n) is 8.94. The molecule has 130 valence electrons. The van der Waals surface area contributed by atoms with Crippen LogP contribution in [0.15, 0.2) is 53.1 Å². The number of hydrogen-bond acceptors (Lipinski definition) is 3. The summed E-state index contributed by atoms with van der Waals surface area (Å²) in [6, 6.07) is 13.8. The molecule has 5 rings (SSSR count). The zero-order valence-corrected chi connectivity index (χ0v) is 14.5. The molecule has 1 atom stereocenters. The second-order valence-corrected chi connectivity index (χ2v) is 6.94. The van der Waals surface area contributed by atoms with Gasteiger partial charge in [-0.15, -0.1) is 0 Å². The number of imidazole rings is 1. The molecule has 1 aliphatic heterocycles. The SMILES string of the molecule is Cc1ccc2nc([C@H]3CCCN3C(=O)c3coc4ccccc34)[nH]c2c1. The molecular weight excluding hydrogens is 326 g/mol. The molecule has 1 aliphatic rings. The summed E-state index contributed by atoms with van der Waals surface area (Å²) >= 11 is 0. The fourth-order valence-corrected chi connectivity index (χ4v) is 3.89. The van der Waals surface area contributed by atoms with Crippen molar-refractivity contribution < 1.29 is 9.21 Å². The molecule has 5 heteroatoms. The Morgan fingerprint density at radius 2 is 2.15 bits per heavy atom. The number of likely N-dealkylation sites (tertiary alicyclic amines) is 1.